The van der Waals surface area contributed by atoms with E-state index in [1.165, 1.54) is 0 Å². The monoisotopic (exact) mass is 215 g/mol. The molecule has 0 bridgehead atoms. The van der Waals surface area contributed by atoms with Crippen molar-refractivity contribution in [3.8, 4) is 0 Å². The third-order valence-electron chi connectivity index (χ3n) is 2.14. The Morgan fingerprint density at radius 3 is 2.47 bits per heavy atom. The van der Waals surface area contributed by atoms with E-state index in [4.69, 9.17) is 5.73 Å². The molecule has 5 nitrogen and oxygen atoms in total. The van der Waals surface area contributed by atoms with Gasteiger partial charge in [-0.2, -0.15) is 0 Å². The van der Waals surface area contributed by atoms with Gasteiger partial charge in [-0.1, -0.05) is 13.3 Å². The molecule has 0 aromatic rings. The zero-order valence-corrected chi connectivity index (χ0v) is 9.58. The number of nitrogens with zero attached hydrogens (tertiary/aromatic N) is 1. The fraction of sp³-hybridized carbons (Fsp3) is 0.800. The molecule has 0 aromatic heterocycles. The van der Waals surface area contributed by atoms with Gasteiger partial charge in [0.1, 0.15) is 0 Å². The van der Waals surface area contributed by atoms with Crippen LogP contribution in [0.25, 0.3) is 0 Å². The lowest BCUT2D eigenvalue weighted by atomic mass is 10.3. The summed E-state index contributed by atoms with van der Waals surface area (Å²) in [6.45, 7) is 5.41. The van der Waals surface area contributed by atoms with Gasteiger partial charge < -0.3 is 16.0 Å². The van der Waals surface area contributed by atoms with Gasteiger partial charge in [0, 0.05) is 13.1 Å². The van der Waals surface area contributed by atoms with Crippen molar-refractivity contribution in [1.29, 1.82) is 0 Å². The molecule has 88 valence electrons. The third kappa shape index (κ3) is 6.06. The van der Waals surface area contributed by atoms with Crippen molar-refractivity contribution >= 4 is 11.8 Å². The lowest BCUT2D eigenvalue weighted by Crippen LogP contribution is -2.42. The molecule has 0 aliphatic carbocycles. The predicted molar refractivity (Wildman–Crippen MR) is 59.2 cm³/mol. The molecule has 0 atom stereocenters. The van der Waals surface area contributed by atoms with Crippen LogP contribution in [0, 0.1) is 0 Å². The molecule has 0 aromatic carbocycles. The van der Waals surface area contributed by atoms with Crippen molar-refractivity contribution in [2.75, 3.05) is 26.2 Å². The van der Waals surface area contributed by atoms with Crippen molar-refractivity contribution in [2.45, 2.75) is 26.7 Å². The number of amides is 2. The summed E-state index contributed by atoms with van der Waals surface area (Å²) in [7, 11) is 0. The zero-order chi connectivity index (χ0) is 11.7. The van der Waals surface area contributed by atoms with E-state index in [1.54, 1.807) is 4.90 Å². The number of unbranched alkanes of at least 4 members (excludes halogenated alkanes) is 1. The summed E-state index contributed by atoms with van der Waals surface area (Å²) in [6.07, 6.45) is 2.04. The Morgan fingerprint density at radius 2 is 2.00 bits per heavy atom. The molecule has 3 N–H and O–H groups in total. The van der Waals surface area contributed by atoms with E-state index in [2.05, 4.69) is 12.2 Å². The highest BCUT2D eigenvalue weighted by Crippen LogP contribution is 1.94. The number of carbonyl (C=O) groups excluding carboxylic acids is 2. The first-order valence-electron chi connectivity index (χ1n) is 5.40. The number of nitrogens with two attached hydrogens (primary N) is 1. The van der Waals surface area contributed by atoms with Gasteiger partial charge in [-0.15, -0.1) is 0 Å². The second-order valence-corrected chi connectivity index (χ2v) is 3.31. The van der Waals surface area contributed by atoms with E-state index in [9.17, 15) is 9.59 Å². The Bertz CT molecular complexity index is 207. The molecule has 15 heavy (non-hydrogen) atoms. The minimum Gasteiger partial charge on any atom is -0.346 e. The molecular weight excluding hydrogens is 194 g/mol. The summed E-state index contributed by atoms with van der Waals surface area (Å²) in [4.78, 5) is 24.1. The summed E-state index contributed by atoms with van der Waals surface area (Å²) in [5.74, 6) is -0.345. The predicted octanol–water partition coefficient (Wildman–Crippen LogP) is -0.290. The summed E-state index contributed by atoms with van der Waals surface area (Å²) < 4.78 is 0. The van der Waals surface area contributed by atoms with Crippen molar-refractivity contribution in [1.82, 2.24) is 10.2 Å². The van der Waals surface area contributed by atoms with Crippen LogP contribution in [0.5, 0.6) is 0 Å². The number of hydrogen-bond donors (Lipinski definition) is 2. The van der Waals surface area contributed by atoms with Crippen LogP contribution in [-0.4, -0.2) is 42.9 Å². The Hall–Kier alpha value is -1.10. The van der Waals surface area contributed by atoms with Crippen molar-refractivity contribution in [3.63, 3.8) is 0 Å². The molecule has 0 radical (unpaired) electrons. The fourth-order valence-corrected chi connectivity index (χ4v) is 1.17. The van der Waals surface area contributed by atoms with E-state index in [0.29, 0.717) is 6.54 Å². The molecule has 0 fully saturated rings. The Morgan fingerprint density at radius 1 is 1.33 bits per heavy atom. The SMILES string of the molecule is CCCCN(CC)C(=O)CNC(=O)CN. The van der Waals surface area contributed by atoms with Gasteiger partial charge in [0.25, 0.3) is 0 Å². The number of nitrogens with one attached hydrogen (secondary N) is 1. The highest BCUT2D eigenvalue weighted by atomic mass is 16.2. The van der Waals surface area contributed by atoms with E-state index in [1.807, 2.05) is 6.92 Å². The van der Waals surface area contributed by atoms with Gasteiger partial charge in [-0.25, -0.2) is 0 Å². The minimum absolute atomic E-state index is 0.0484. The van der Waals surface area contributed by atoms with Gasteiger partial charge >= 0.3 is 0 Å². The van der Waals surface area contributed by atoms with Gasteiger partial charge in [0.2, 0.25) is 11.8 Å². The van der Waals surface area contributed by atoms with E-state index in [-0.39, 0.29) is 24.9 Å². The summed E-state index contributed by atoms with van der Waals surface area (Å²) >= 11 is 0. The Kier molecular flexibility index (Phi) is 7.62. The van der Waals surface area contributed by atoms with E-state index < -0.39 is 0 Å². The van der Waals surface area contributed by atoms with Crippen LogP contribution in [0.1, 0.15) is 26.7 Å². The molecule has 0 aliphatic heterocycles. The fourth-order valence-electron chi connectivity index (χ4n) is 1.17. The lowest BCUT2D eigenvalue weighted by Gasteiger charge is -2.20. The first-order valence-corrected chi connectivity index (χ1v) is 5.40. The normalized spacial score (nSPS) is 9.80. The molecule has 2 amide bonds. The molecule has 0 spiro atoms. The largest absolute Gasteiger partial charge is 0.346 e. The van der Waals surface area contributed by atoms with Crippen LogP contribution in [-0.2, 0) is 9.59 Å². The van der Waals surface area contributed by atoms with Crippen molar-refractivity contribution in [2.24, 2.45) is 5.73 Å². The number of rotatable bonds is 7. The smallest absolute Gasteiger partial charge is 0.241 e. The van der Waals surface area contributed by atoms with E-state index in [0.717, 1.165) is 19.4 Å². The van der Waals surface area contributed by atoms with Crippen LogP contribution in [0.4, 0.5) is 0 Å². The van der Waals surface area contributed by atoms with Gasteiger partial charge in [-0.05, 0) is 13.3 Å². The second kappa shape index (κ2) is 8.23. The summed E-state index contributed by atoms with van der Waals surface area (Å²) in [5.41, 5.74) is 5.11. The molecular formula is C10H21N3O2. The number of carbonyl (C=O) groups is 2. The molecule has 0 unspecified atom stereocenters. The number of likely N-dealkylation sites (N-methyl/N-ethyl adjacent to an activating group) is 1. The topological polar surface area (TPSA) is 75.4 Å². The quantitative estimate of drug-likeness (QED) is 0.613. The molecule has 0 heterocycles. The maximum absolute atomic E-state index is 11.6. The highest BCUT2D eigenvalue weighted by Gasteiger charge is 2.11. The van der Waals surface area contributed by atoms with Gasteiger partial charge in [0.15, 0.2) is 0 Å². The van der Waals surface area contributed by atoms with Gasteiger partial charge in [-0.3, -0.25) is 9.59 Å². The Balaban J connectivity index is 3.87. The highest BCUT2D eigenvalue weighted by molar-refractivity contribution is 5.85. The average Bonchev–Trinajstić information content (AvgIpc) is 2.26. The van der Waals surface area contributed by atoms with Crippen LogP contribution in [0.15, 0.2) is 0 Å². The lowest BCUT2D eigenvalue weighted by molar-refractivity contribution is -0.132. The average molecular weight is 215 g/mol. The molecule has 0 saturated heterocycles. The second-order valence-electron chi connectivity index (χ2n) is 3.31. The van der Waals surface area contributed by atoms with Crippen LogP contribution < -0.4 is 11.1 Å². The first-order chi connectivity index (χ1) is 7.15. The minimum atomic E-state index is -0.296. The molecule has 0 saturated carbocycles. The van der Waals surface area contributed by atoms with Crippen molar-refractivity contribution < 1.29 is 9.59 Å². The van der Waals surface area contributed by atoms with Crippen molar-refractivity contribution in [3.05, 3.63) is 0 Å². The maximum atomic E-state index is 11.6. The standard InChI is InChI=1S/C10H21N3O2/c1-3-5-6-13(4-2)10(15)8-12-9(14)7-11/h3-8,11H2,1-2H3,(H,12,14). The zero-order valence-electron chi connectivity index (χ0n) is 9.58. The number of hydrogen-bond acceptors (Lipinski definition) is 3. The van der Waals surface area contributed by atoms with Crippen LogP contribution in [0.2, 0.25) is 0 Å². The molecule has 0 rings (SSSR count). The summed E-state index contributed by atoms with van der Waals surface area (Å²) in [5, 5.41) is 2.47. The van der Waals surface area contributed by atoms with Crippen LogP contribution in [0.3, 0.4) is 0 Å². The third-order valence-corrected chi connectivity index (χ3v) is 2.14. The van der Waals surface area contributed by atoms with E-state index >= 15 is 0 Å². The maximum Gasteiger partial charge on any atom is 0.241 e. The summed E-state index contributed by atoms with van der Waals surface area (Å²) in [6, 6.07) is 0. The molecule has 0 aliphatic rings. The first kappa shape index (κ1) is 13.9. The Labute approximate surface area is 91.0 Å². The van der Waals surface area contributed by atoms with Crippen LogP contribution >= 0.6 is 0 Å². The molecule has 5 heteroatoms. The van der Waals surface area contributed by atoms with Gasteiger partial charge in [0.05, 0.1) is 13.1 Å².